The Bertz CT molecular complexity index is 849. The molecule has 3 aromatic carbocycles. The van der Waals surface area contributed by atoms with E-state index in [0.29, 0.717) is 23.5 Å². The third-order valence-electron chi connectivity index (χ3n) is 4.06. The predicted molar refractivity (Wildman–Crippen MR) is 95.9 cm³/mol. The quantitative estimate of drug-likeness (QED) is 0.728. The first-order chi connectivity index (χ1) is 12.1. The molecule has 3 N–H and O–H groups in total. The molecule has 0 aromatic heterocycles. The summed E-state index contributed by atoms with van der Waals surface area (Å²) < 4.78 is 5.87. The summed E-state index contributed by atoms with van der Waals surface area (Å²) in [6.07, 6.45) is 0. The summed E-state index contributed by atoms with van der Waals surface area (Å²) in [5, 5.41) is 11.2. The lowest BCUT2D eigenvalue weighted by molar-refractivity contribution is -0.133. The first-order valence-corrected chi connectivity index (χ1v) is 7.96. The smallest absolute Gasteiger partial charge is 0.258 e. The van der Waals surface area contributed by atoms with Crippen molar-refractivity contribution in [3.8, 4) is 5.75 Å². The number of aliphatic hydroxyl groups is 1. The molecular formula is C21H19NO3. The lowest BCUT2D eigenvalue weighted by atomic mass is 9.85. The fourth-order valence-electron chi connectivity index (χ4n) is 2.74. The Morgan fingerprint density at radius 1 is 0.880 bits per heavy atom. The van der Waals surface area contributed by atoms with E-state index in [9.17, 15) is 9.90 Å². The molecular weight excluding hydrogens is 314 g/mol. The number of para-hydroxylation sites is 1. The van der Waals surface area contributed by atoms with Crippen molar-refractivity contribution in [3.05, 3.63) is 102 Å². The van der Waals surface area contributed by atoms with Crippen LogP contribution in [0.3, 0.4) is 0 Å². The standard InChI is InChI=1S/C21H19NO3/c22-20(23)21(24,17-11-5-2-6-12-17)18-13-7-8-14-19(18)25-15-16-9-3-1-4-10-16/h1-14,24H,15H2,(H2,22,23). The first kappa shape index (κ1) is 16.7. The molecule has 3 aromatic rings. The van der Waals surface area contributed by atoms with E-state index in [1.54, 1.807) is 48.5 Å². The van der Waals surface area contributed by atoms with E-state index in [0.717, 1.165) is 5.56 Å². The zero-order valence-corrected chi connectivity index (χ0v) is 13.6. The second-order valence-electron chi connectivity index (χ2n) is 5.71. The highest BCUT2D eigenvalue weighted by Gasteiger charge is 2.40. The third-order valence-corrected chi connectivity index (χ3v) is 4.06. The van der Waals surface area contributed by atoms with E-state index in [1.807, 2.05) is 36.4 Å². The van der Waals surface area contributed by atoms with Gasteiger partial charge >= 0.3 is 0 Å². The minimum Gasteiger partial charge on any atom is -0.488 e. The highest BCUT2D eigenvalue weighted by Crippen LogP contribution is 2.35. The van der Waals surface area contributed by atoms with E-state index in [-0.39, 0.29) is 0 Å². The van der Waals surface area contributed by atoms with Gasteiger partial charge in [-0.1, -0.05) is 78.9 Å². The molecule has 0 fully saturated rings. The van der Waals surface area contributed by atoms with Crippen molar-refractivity contribution in [2.45, 2.75) is 12.2 Å². The summed E-state index contributed by atoms with van der Waals surface area (Å²) in [5.74, 6) is -0.439. The van der Waals surface area contributed by atoms with E-state index >= 15 is 0 Å². The van der Waals surface area contributed by atoms with Gasteiger partial charge in [-0.25, -0.2) is 0 Å². The number of carbonyl (C=O) groups is 1. The second-order valence-corrected chi connectivity index (χ2v) is 5.71. The fraction of sp³-hybridized carbons (Fsp3) is 0.0952. The number of nitrogens with two attached hydrogens (primary N) is 1. The Hall–Kier alpha value is -3.11. The summed E-state index contributed by atoms with van der Waals surface area (Å²) in [4.78, 5) is 12.2. The maximum atomic E-state index is 12.2. The fourth-order valence-corrected chi connectivity index (χ4v) is 2.74. The van der Waals surface area contributed by atoms with E-state index in [2.05, 4.69) is 0 Å². The van der Waals surface area contributed by atoms with Crippen molar-refractivity contribution in [1.29, 1.82) is 0 Å². The van der Waals surface area contributed by atoms with Crippen LogP contribution in [0, 0.1) is 0 Å². The van der Waals surface area contributed by atoms with Crippen LogP contribution in [0.2, 0.25) is 0 Å². The summed E-state index contributed by atoms with van der Waals surface area (Å²) in [7, 11) is 0. The zero-order chi connectivity index (χ0) is 17.7. The van der Waals surface area contributed by atoms with Gasteiger partial charge in [-0.3, -0.25) is 4.79 Å². The molecule has 0 saturated carbocycles. The largest absolute Gasteiger partial charge is 0.488 e. The Labute approximate surface area is 146 Å². The average Bonchev–Trinajstić information content (AvgIpc) is 2.67. The SMILES string of the molecule is NC(=O)C(O)(c1ccccc1)c1ccccc1OCc1ccccc1. The van der Waals surface area contributed by atoms with Crippen molar-refractivity contribution in [2.75, 3.05) is 0 Å². The van der Waals surface area contributed by atoms with Crippen molar-refractivity contribution < 1.29 is 14.6 Å². The summed E-state index contributed by atoms with van der Waals surface area (Å²) in [6.45, 7) is 0.321. The summed E-state index contributed by atoms with van der Waals surface area (Å²) >= 11 is 0. The minimum absolute atomic E-state index is 0.321. The molecule has 126 valence electrons. The monoisotopic (exact) mass is 333 g/mol. The molecule has 0 heterocycles. The maximum Gasteiger partial charge on any atom is 0.258 e. The van der Waals surface area contributed by atoms with Crippen molar-refractivity contribution in [3.63, 3.8) is 0 Å². The van der Waals surface area contributed by atoms with Gasteiger partial charge in [-0.2, -0.15) is 0 Å². The molecule has 0 saturated heterocycles. The summed E-state index contributed by atoms with van der Waals surface area (Å²) in [6, 6.07) is 25.2. The third kappa shape index (κ3) is 3.39. The molecule has 25 heavy (non-hydrogen) atoms. The van der Waals surface area contributed by atoms with Crippen LogP contribution in [0.4, 0.5) is 0 Å². The molecule has 0 spiro atoms. The van der Waals surface area contributed by atoms with Crippen LogP contribution in [0.25, 0.3) is 0 Å². The number of hydrogen-bond acceptors (Lipinski definition) is 3. The lowest BCUT2D eigenvalue weighted by Gasteiger charge is -2.27. The topological polar surface area (TPSA) is 72.6 Å². The van der Waals surface area contributed by atoms with Crippen LogP contribution in [0.15, 0.2) is 84.9 Å². The number of primary amides is 1. The van der Waals surface area contributed by atoms with Gasteiger partial charge in [-0.05, 0) is 17.2 Å². The number of benzene rings is 3. The highest BCUT2D eigenvalue weighted by atomic mass is 16.5. The molecule has 0 bridgehead atoms. The molecule has 1 unspecified atom stereocenters. The predicted octanol–water partition coefficient (Wildman–Crippen LogP) is 2.99. The Balaban J connectivity index is 1.99. The second kappa shape index (κ2) is 7.20. The first-order valence-electron chi connectivity index (χ1n) is 7.96. The van der Waals surface area contributed by atoms with Gasteiger partial charge in [-0.15, -0.1) is 0 Å². The molecule has 3 rings (SSSR count). The van der Waals surface area contributed by atoms with Gasteiger partial charge in [0.2, 0.25) is 0 Å². The van der Waals surface area contributed by atoms with E-state index in [4.69, 9.17) is 10.5 Å². The highest BCUT2D eigenvalue weighted by molar-refractivity contribution is 5.89. The van der Waals surface area contributed by atoms with Crippen LogP contribution in [-0.2, 0) is 17.0 Å². The lowest BCUT2D eigenvalue weighted by Crippen LogP contribution is -2.42. The molecule has 0 radical (unpaired) electrons. The zero-order valence-electron chi connectivity index (χ0n) is 13.6. The van der Waals surface area contributed by atoms with Gasteiger partial charge in [0.05, 0.1) is 0 Å². The molecule has 0 aliphatic rings. The van der Waals surface area contributed by atoms with Gasteiger partial charge in [0.25, 0.3) is 5.91 Å². The number of rotatable bonds is 6. The van der Waals surface area contributed by atoms with E-state index in [1.165, 1.54) is 0 Å². The van der Waals surface area contributed by atoms with Crippen LogP contribution in [-0.4, -0.2) is 11.0 Å². The molecule has 4 heteroatoms. The van der Waals surface area contributed by atoms with Crippen molar-refractivity contribution in [1.82, 2.24) is 0 Å². The van der Waals surface area contributed by atoms with Gasteiger partial charge in [0.15, 0.2) is 5.60 Å². The normalized spacial score (nSPS) is 13.0. The summed E-state index contributed by atoms with van der Waals surface area (Å²) in [5.41, 5.74) is 5.31. The number of hydrogen-bond donors (Lipinski definition) is 2. The molecule has 1 atom stereocenters. The van der Waals surface area contributed by atoms with Crippen LogP contribution in [0.1, 0.15) is 16.7 Å². The van der Waals surface area contributed by atoms with Crippen LogP contribution >= 0.6 is 0 Å². The van der Waals surface area contributed by atoms with E-state index < -0.39 is 11.5 Å². The number of amides is 1. The number of ether oxygens (including phenoxy) is 1. The molecule has 0 aliphatic carbocycles. The van der Waals surface area contributed by atoms with Gasteiger partial charge < -0.3 is 15.6 Å². The Morgan fingerprint density at radius 2 is 1.44 bits per heavy atom. The molecule has 0 aliphatic heterocycles. The van der Waals surface area contributed by atoms with Gasteiger partial charge in [0, 0.05) is 5.56 Å². The van der Waals surface area contributed by atoms with Crippen molar-refractivity contribution >= 4 is 5.91 Å². The van der Waals surface area contributed by atoms with Gasteiger partial charge in [0.1, 0.15) is 12.4 Å². The number of carbonyl (C=O) groups excluding carboxylic acids is 1. The Morgan fingerprint density at radius 3 is 2.08 bits per heavy atom. The van der Waals surface area contributed by atoms with Crippen LogP contribution < -0.4 is 10.5 Å². The van der Waals surface area contributed by atoms with Crippen LogP contribution in [0.5, 0.6) is 5.75 Å². The molecule has 4 nitrogen and oxygen atoms in total. The average molecular weight is 333 g/mol. The maximum absolute atomic E-state index is 12.2. The minimum atomic E-state index is -1.96. The Kier molecular flexibility index (Phi) is 4.82. The molecule has 1 amide bonds. The van der Waals surface area contributed by atoms with Crippen molar-refractivity contribution in [2.24, 2.45) is 5.73 Å².